The van der Waals surface area contributed by atoms with Crippen molar-refractivity contribution in [2.45, 2.75) is 4.90 Å². The van der Waals surface area contributed by atoms with Crippen LogP contribution in [0.25, 0.3) is 11.3 Å². The first-order valence-corrected chi connectivity index (χ1v) is 10.1. The van der Waals surface area contributed by atoms with Crippen LogP contribution in [0.4, 0.5) is 14.9 Å². The number of rotatable bonds is 5. The number of aromatic nitrogens is 2. The van der Waals surface area contributed by atoms with E-state index in [0.717, 1.165) is 0 Å². The van der Waals surface area contributed by atoms with Crippen molar-refractivity contribution < 1.29 is 22.4 Å². The largest absolute Gasteiger partial charge is 0.340 e. The Hall–Kier alpha value is -3.73. The first-order valence-electron chi connectivity index (χ1n) is 8.65. The van der Waals surface area contributed by atoms with Crippen LogP contribution >= 0.6 is 0 Å². The Labute approximate surface area is 172 Å². The predicted molar refractivity (Wildman–Crippen MR) is 108 cm³/mol. The smallest absolute Gasteiger partial charge is 0.328 e. The summed E-state index contributed by atoms with van der Waals surface area (Å²) < 4.78 is 40.4. The van der Waals surface area contributed by atoms with Crippen molar-refractivity contribution in [1.82, 2.24) is 19.8 Å². The number of carbonyl (C=O) groups is 2. The highest BCUT2D eigenvalue weighted by atomic mass is 32.2. The zero-order valence-electron chi connectivity index (χ0n) is 16.0. The Balaban J connectivity index is 1.75. The molecule has 2 aromatic carbocycles. The molecule has 3 amide bonds. The second-order valence-corrected chi connectivity index (χ2v) is 7.89. The SMILES string of the molecule is CNC(=O)NS(=O)(=O)c1ccc(NC(=O)c2cc(-c3ccc(F)cc3)nn2C)cc1. The molecular formula is C19H18FN5O4S. The van der Waals surface area contributed by atoms with E-state index < -0.39 is 22.0 Å². The number of nitrogens with one attached hydrogen (secondary N) is 3. The van der Waals surface area contributed by atoms with Crippen LogP contribution in [0.1, 0.15) is 10.5 Å². The molecule has 0 unspecified atom stereocenters. The number of benzene rings is 2. The molecule has 0 atom stereocenters. The van der Waals surface area contributed by atoms with Crippen molar-refractivity contribution in [3.63, 3.8) is 0 Å². The molecule has 0 saturated heterocycles. The molecule has 11 heteroatoms. The Kier molecular flexibility index (Phi) is 5.83. The summed E-state index contributed by atoms with van der Waals surface area (Å²) in [7, 11) is -1.13. The van der Waals surface area contributed by atoms with Gasteiger partial charge in [-0.2, -0.15) is 5.10 Å². The highest BCUT2D eigenvalue weighted by Crippen LogP contribution is 2.20. The van der Waals surface area contributed by atoms with Gasteiger partial charge in [0.15, 0.2) is 0 Å². The standard InChI is InChI=1S/C19H18FN5O4S/c1-21-19(27)24-30(28,29)15-9-7-14(8-10-15)22-18(26)17-11-16(23-25(17)2)12-3-5-13(20)6-4-12/h3-11H,1-2H3,(H,22,26)(H2,21,24,27). The minimum absolute atomic E-state index is 0.136. The van der Waals surface area contributed by atoms with E-state index in [4.69, 9.17) is 0 Å². The fourth-order valence-corrected chi connectivity index (χ4v) is 3.54. The van der Waals surface area contributed by atoms with E-state index in [1.54, 1.807) is 25.2 Å². The van der Waals surface area contributed by atoms with Crippen LogP contribution in [-0.2, 0) is 17.1 Å². The van der Waals surface area contributed by atoms with Crippen LogP contribution in [0.5, 0.6) is 0 Å². The van der Waals surface area contributed by atoms with Gasteiger partial charge in [-0.3, -0.25) is 9.48 Å². The van der Waals surface area contributed by atoms with Gasteiger partial charge in [0, 0.05) is 25.3 Å². The number of sulfonamides is 1. The molecule has 0 fully saturated rings. The fourth-order valence-electron chi connectivity index (χ4n) is 2.59. The van der Waals surface area contributed by atoms with Crippen molar-refractivity contribution in [1.29, 1.82) is 0 Å². The van der Waals surface area contributed by atoms with Crippen LogP contribution in [0, 0.1) is 5.82 Å². The average Bonchev–Trinajstić information content (AvgIpc) is 3.10. The van der Waals surface area contributed by atoms with Crippen LogP contribution in [0.3, 0.4) is 0 Å². The molecule has 3 rings (SSSR count). The molecule has 156 valence electrons. The van der Waals surface area contributed by atoms with Gasteiger partial charge < -0.3 is 10.6 Å². The minimum Gasteiger partial charge on any atom is -0.340 e. The van der Waals surface area contributed by atoms with Gasteiger partial charge in [-0.25, -0.2) is 22.3 Å². The highest BCUT2D eigenvalue weighted by molar-refractivity contribution is 7.90. The summed E-state index contributed by atoms with van der Waals surface area (Å²) in [4.78, 5) is 23.7. The number of nitrogens with zero attached hydrogens (tertiary/aromatic N) is 2. The van der Waals surface area contributed by atoms with Gasteiger partial charge in [-0.05, 0) is 54.6 Å². The van der Waals surface area contributed by atoms with Crippen molar-refractivity contribution in [3.8, 4) is 11.3 Å². The van der Waals surface area contributed by atoms with Crippen LogP contribution in [0.15, 0.2) is 59.5 Å². The van der Waals surface area contributed by atoms with Gasteiger partial charge in [0.25, 0.3) is 15.9 Å². The van der Waals surface area contributed by atoms with Gasteiger partial charge in [0.05, 0.1) is 10.6 Å². The number of anilines is 1. The van der Waals surface area contributed by atoms with Crippen LogP contribution in [0.2, 0.25) is 0 Å². The summed E-state index contributed by atoms with van der Waals surface area (Å²) >= 11 is 0. The molecule has 0 aliphatic carbocycles. The molecule has 0 aliphatic heterocycles. The first-order chi connectivity index (χ1) is 14.2. The maximum atomic E-state index is 13.1. The molecule has 0 saturated carbocycles. The van der Waals surface area contributed by atoms with Gasteiger partial charge in [0.1, 0.15) is 11.5 Å². The molecule has 0 aliphatic rings. The maximum absolute atomic E-state index is 13.1. The highest BCUT2D eigenvalue weighted by Gasteiger charge is 2.18. The summed E-state index contributed by atoms with van der Waals surface area (Å²) in [5.74, 6) is -0.832. The summed E-state index contributed by atoms with van der Waals surface area (Å²) in [6.45, 7) is 0. The molecule has 0 spiro atoms. The molecule has 9 nitrogen and oxygen atoms in total. The third-order valence-electron chi connectivity index (χ3n) is 4.13. The molecule has 0 radical (unpaired) electrons. The zero-order chi connectivity index (χ0) is 21.9. The Morgan fingerprint density at radius 3 is 2.27 bits per heavy atom. The Morgan fingerprint density at radius 2 is 1.67 bits per heavy atom. The number of halogens is 1. The van der Waals surface area contributed by atoms with Crippen LogP contribution in [-0.4, -0.2) is 37.2 Å². The fraction of sp³-hybridized carbons (Fsp3) is 0.105. The lowest BCUT2D eigenvalue weighted by Crippen LogP contribution is -2.37. The van der Waals surface area contributed by atoms with E-state index in [9.17, 15) is 22.4 Å². The monoisotopic (exact) mass is 431 g/mol. The summed E-state index contributed by atoms with van der Waals surface area (Å²) in [5, 5.41) is 9.07. The third-order valence-corrected chi connectivity index (χ3v) is 5.48. The van der Waals surface area contributed by atoms with Crippen molar-refractivity contribution >= 4 is 27.6 Å². The lowest BCUT2D eigenvalue weighted by Gasteiger charge is -2.08. The third kappa shape index (κ3) is 4.63. The van der Waals surface area contributed by atoms with Crippen molar-refractivity contribution in [2.24, 2.45) is 7.05 Å². The quantitative estimate of drug-likeness (QED) is 0.571. The second kappa shape index (κ2) is 8.33. The van der Waals surface area contributed by atoms with E-state index in [2.05, 4.69) is 15.7 Å². The molecule has 1 aromatic heterocycles. The molecule has 0 bridgehead atoms. The van der Waals surface area contributed by atoms with E-state index in [1.165, 1.54) is 48.1 Å². The van der Waals surface area contributed by atoms with Gasteiger partial charge >= 0.3 is 6.03 Å². The number of carbonyl (C=O) groups excluding carboxylic acids is 2. The van der Waals surface area contributed by atoms with Crippen molar-refractivity contribution in [3.05, 3.63) is 66.1 Å². The van der Waals surface area contributed by atoms with Gasteiger partial charge in [0.2, 0.25) is 0 Å². The van der Waals surface area contributed by atoms with Crippen molar-refractivity contribution in [2.75, 3.05) is 12.4 Å². The maximum Gasteiger partial charge on any atom is 0.328 e. The zero-order valence-corrected chi connectivity index (χ0v) is 16.8. The molecular weight excluding hydrogens is 413 g/mol. The number of hydrogen-bond acceptors (Lipinski definition) is 5. The predicted octanol–water partition coefficient (Wildman–Crippen LogP) is 2.10. The van der Waals surface area contributed by atoms with Gasteiger partial charge in [-0.1, -0.05) is 0 Å². The molecule has 3 aromatic rings. The minimum atomic E-state index is -4.02. The summed E-state index contributed by atoms with van der Waals surface area (Å²) in [5.41, 5.74) is 1.77. The summed E-state index contributed by atoms with van der Waals surface area (Å²) in [6.07, 6.45) is 0. The Morgan fingerprint density at radius 1 is 1.03 bits per heavy atom. The van der Waals surface area contributed by atoms with E-state index >= 15 is 0 Å². The summed E-state index contributed by atoms with van der Waals surface area (Å²) in [6, 6.07) is 11.7. The number of amides is 3. The lowest BCUT2D eigenvalue weighted by molar-refractivity contribution is 0.101. The number of hydrogen-bond donors (Lipinski definition) is 3. The molecule has 1 heterocycles. The van der Waals surface area contributed by atoms with Crippen LogP contribution < -0.4 is 15.4 Å². The average molecular weight is 431 g/mol. The lowest BCUT2D eigenvalue weighted by atomic mass is 10.1. The van der Waals surface area contributed by atoms with E-state index in [-0.39, 0.29) is 16.4 Å². The molecule has 30 heavy (non-hydrogen) atoms. The molecule has 3 N–H and O–H groups in total. The van der Waals surface area contributed by atoms with Gasteiger partial charge in [-0.15, -0.1) is 0 Å². The second-order valence-electron chi connectivity index (χ2n) is 6.21. The Bertz CT molecular complexity index is 1190. The topological polar surface area (TPSA) is 122 Å². The first kappa shape index (κ1) is 21.0. The van der Waals surface area contributed by atoms with E-state index in [1.807, 2.05) is 4.72 Å². The van der Waals surface area contributed by atoms with E-state index in [0.29, 0.717) is 16.9 Å². The normalized spacial score (nSPS) is 11.0. The number of urea groups is 1. The number of aryl methyl sites for hydroxylation is 1.